The minimum Gasteiger partial charge on any atom is -0.459 e. The van der Waals surface area contributed by atoms with Gasteiger partial charge in [-0.3, -0.25) is 0 Å². The third-order valence-electron chi connectivity index (χ3n) is 2.42. The van der Waals surface area contributed by atoms with E-state index < -0.39 is 5.97 Å². The third kappa shape index (κ3) is 2.71. The zero-order chi connectivity index (χ0) is 11.4. The molecule has 2 rings (SSSR count). The fraction of sp³-hybridized carbons (Fsp3) is 0.455. The van der Waals surface area contributed by atoms with Gasteiger partial charge in [0, 0.05) is 19.0 Å². The van der Waals surface area contributed by atoms with Gasteiger partial charge in [0.25, 0.3) is 0 Å². The molecule has 5 heteroatoms. The van der Waals surface area contributed by atoms with E-state index in [2.05, 4.69) is 4.98 Å². The molecule has 0 radical (unpaired) electrons. The molecule has 1 aromatic rings. The predicted octanol–water partition coefficient (Wildman–Crippen LogP) is 2.07. The molecule has 0 spiro atoms. The molecule has 86 valence electrons. The van der Waals surface area contributed by atoms with E-state index in [1.165, 1.54) is 6.20 Å². The summed E-state index contributed by atoms with van der Waals surface area (Å²) in [4.78, 5) is 15.6. The molecule has 0 N–H and O–H groups in total. The second-order valence-corrected chi connectivity index (χ2v) is 3.92. The summed E-state index contributed by atoms with van der Waals surface area (Å²) >= 11 is 5.80. The molecule has 16 heavy (non-hydrogen) atoms. The van der Waals surface area contributed by atoms with E-state index in [-0.39, 0.29) is 11.3 Å². The smallest absolute Gasteiger partial charge is 0.341 e. The Bertz CT molecular complexity index is 377. The van der Waals surface area contributed by atoms with Crippen LogP contribution in [0.3, 0.4) is 0 Å². The number of halogens is 1. The highest BCUT2D eigenvalue weighted by Crippen LogP contribution is 2.17. The summed E-state index contributed by atoms with van der Waals surface area (Å²) < 4.78 is 10.5. The van der Waals surface area contributed by atoms with Crippen molar-refractivity contribution < 1.29 is 14.3 Å². The summed E-state index contributed by atoms with van der Waals surface area (Å²) in [6, 6.07) is 3.27. The van der Waals surface area contributed by atoms with Gasteiger partial charge in [0.2, 0.25) is 0 Å². The van der Waals surface area contributed by atoms with Gasteiger partial charge in [-0.15, -0.1) is 0 Å². The van der Waals surface area contributed by atoms with Crippen LogP contribution in [0.4, 0.5) is 0 Å². The maximum Gasteiger partial charge on any atom is 0.341 e. The molecule has 0 aromatic carbocycles. The lowest BCUT2D eigenvalue weighted by atomic mass is 10.1. The maximum atomic E-state index is 11.7. The molecule has 4 nitrogen and oxygen atoms in total. The van der Waals surface area contributed by atoms with E-state index >= 15 is 0 Å². The summed E-state index contributed by atoms with van der Waals surface area (Å²) in [6.07, 6.45) is 2.94. The lowest BCUT2D eigenvalue weighted by Gasteiger charge is -2.22. The minimum absolute atomic E-state index is 0.0717. The molecule has 0 amide bonds. The van der Waals surface area contributed by atoms with Crippen molar-refractivity contribution in [2.24, 2.45) is 0 Å². The molecule has 1 aromatic heterocycles. The molecule has 0 bridgehead atoms. The van der Waals surface area contributed by atoms with Gasteiger partial charge in [-0.25, -0.2) is 9.78 Å². The van der Waals surface area contributed by atoms with E-state index in [4.69, 9.17) is 21.1 Å². The Morgan fingerprint density at radius 1 is 1.50 bits per heavy atom. The standard InChI is InChI=1S/C11H12ClNO3/c12-10-9(2-1-5-13-10)11(14)16-8-3-6-15-7-4-8/h1-2,5,8H,3-4,6-7H2. The van der Waals surface area contributed by atoms with Crippen molar-refractivity contribution in [3.63, 3.8) is 0 Å². The number of esters is 1. The van der Waals surface area contributed by atoms with Crippen molar-refractivity contribution in [1.82, 2.24) is 4.98 Å². The second-order valence-electron chi connectivity index (χ2n) is 3.56. The van der Waals surface area contributed by atoms with Crippen LogP contribution in [0.1, 0.15) is 23.2 Å². The molecule has 1 fully saturated rings. The molecular formula is C11H12ClNO3. The minimum atomic E-state index is -0.412. The third-order valence-corrected chi connectivity index (χ3v) is 2.72. The molecule has 2 heterocycles. The topological polar surface area (TPSA) is 48.4 Å². The number of hydrogen-bond acceptors (Lipinski definition) is 4. The van der Waals surface area contributed by atoms with Gasteiger partial charge < -0.3 is 9.47 Å². The Kier molecular flexibility index (Phi) is 3.74. The Balaban J connectivity index is 2.00. The van der Waals surface area contributed by atoms with Crippen molar-refractivity contribution in [1.29, 1.82) is 0 Å². The number of carbonyl (C=O) groups excluding carboxylic acids is 1. The maximum absolute atomic E-state index is 11.7. The molecule has 0 saturated carbocycles. The highest BCUT2D eigenvalue weighted by molar-refractivity contribution is 6.32. The average molecular weight is 242 g/mol. The zero-order valence-corrected chi connectivity index (χ0v) is 9.44. The van der Waals surface area contributed by atoms with Crippen LogP contribution < -0.4 is 0 Å². The monoisotopic (exact) mass is 241 g/mol. The first-order valence-electron chi connectivity index (χ1n) is 5.16. The predicted molar refractivity (Wildman–Crippen MR) is 58.5 cm³/mol. The van der Waals surface area contributed by atoms with Gasteiger partial charge in [-0.2, -0.15) is 0 Å². The van der Waals surface area contributed by atoms with Gasteiger partial charge in [0.05, 0.1) is 18.8 Å². The number of rotatable bonds is 2. The summed E-state index contributed by atoms with van der Waals surface area (Å²) in [5.74, 6) is -0.412. The van der Waals surface area contributed by atoms with E-state index in [9.17, 15) is 4.79 Å². The Labute approximate surface area is 98.5 Å². The summed E-state index contributed by atoms with van der Waals surface area (Å²) in [5, 5.41) is 0.180. The summed E-state index contributed by atoms with van der Waals surface area (Å²) in [5.41, 5.74) is 0.315. The van der Waals surface area contributed by atoms with Crippen LogP contribution in [-0.2, 0) is 9.47 Å². The number of ether oxygens (including phenoxy) is 2. The quantitative estimate of drug-likeness (QED) is 0.588. The number of aromatic nitrogens is 1. The van der Waals surface area contributed by atoms with Crippen LogP contribution in [0.5, 0.6) is 0 Å². The molecule has 0 aliphatic carbocycles. The number of carbonyl (C=O) groups is 1. The van der Waals surface area contributed by atoms with Gasteiger partial charge in [0.1, 0.15) is 11.3 Å². The van der Waals surface area contributed by atoms with Gasteiger partial charge in [0.15, 0.2) is 0 Å². The first kappa shape index (κ1) is 11.4. The van der Waals surface area contributed by atoms with E-state index in [0.717, 1.165) is 12.8 Å². The summed E-state index contributed by atoms with van der Waals surface area (Å²) in [6.45, 7) is 1.28. The van der Waals surface area contributed by atoms with Crippen molar-refractivity contribution in [2.45, 2.75) is 18.9 Å². The van der Waals surface area contributed by atoms with Crippen LogP contribution >= 0.6 is 11.6 Å². The normalized spacial score (nSPS) is 17.1. The average Bonchev–Trinajstić information content (AvgIpc) is 2.31. The van der Waals surface area contributed by atoms with Gasteiger partial charge in [-0.1, -0.05) is 11.6 Å². The first-order chi connectivity index (χ1) is 7.77. The molecule has 1 aliphatic heterocycles. The van der Waals surface area contributed by atoms with Crippen LogP contribution in [0.25, 0.3) is 0 Å². The SMILES string of the molecule is O=C(OC1CCOCC1)c1cccnc1Cl. The highest BCUT2D eigenvalue weighted by Gasteiger charge is 2.20. The molecular weight excluding hydrogens is 230 g/mol. The van der Waals surface area contributed by atoms with Crippen molar-refractivity contribution in [2.75, 3.05) is 13.2 Å². The molecule has 1 saturated heterocycles. The number of pyridine rings is 1. The first-order valence-corrected chi connectivity index (χ1v) is 5.54. The Hall–Kier alpha value is -1.13. The van der Waals surface area contributed by atoms with E-state index in [1.807, 2.05) is 0 Å². The van der Waals surface area contributed by atoms with Crippen molar-refractivity contribution in [3.05, 3.63) is 29.0 Å². The lowest BCUT2D eigenvalue weighted by Crippen LogP contribution is -2.26. The fourth-order valence-electron chi connectivity index (χ4n) is 1.55. The van der Waals surface area contributed by atoms with E-state index in [1.54, 1.807) is 12.1 Å². The zero-order valence-electron chi connectivity index (χ0n) is 8.69. The largest absolute Gasteiger partial charge is 0.459 e. The number of nitrogens with zero attached hydrogens (tertiary/aromatic N) is 1. The molecule has 0 atom stereocenters. The van der Waals surface area contributed by atoms with Crippen LogP contribution in [0, 0.1) is 0 Å². The van der Waals surface area contributed by atoms with Crippen LogP contribution in [0.2, 0.25) is 5.15 Å². The molecule has 0 unspecified atom stereocenters. The Morgan fingerprint density at radius 2 is 2.25 bits per heavy atom. The summed E-state index contributed by atoms with van der Waals surface area (Å²) in [7, 11) is 0. The fourth-order valence-corrected chi connectivity index (χ4v) is 1.74. The van der Waals surface area contributed by atoms with Crippen molar-refractivity contribution >= 4 is 17.6 Å². The van der Waals surface area contributed by atoms with Crippen molar-refractivity contribution in [3.8, 4) is 0 Å². The lowest BCUT2D eigenvalue weighted by molar-refractivity contribution is -0.0159. The van der Waals surface area contributed by atoms with Crippen LogP contribution in [0.15, 0.2) is 18.3 Å². The molecule has 1 aliphatic rings. The van der Waals surface area contributed by atoms with E-state index in [0.29, 0.717) is 18.8 Å². The highest BCUT2D eigenvalue weighted by atomic mass is 35.5. The van der Waals surface area contributed by atoms with Crippen LogP contribution in [-0.4, -0.2) is 30.3 Å². The van der Waals surface area contributed by atoms with Gasteiger partial charge in [-0.05, 0) is 12.1 Å². The Morgan fingerprint density at radius 3 is 2.94 bits per heavy atom. The second kappa shape index (κ2) is 5.27. The number of hydrogen-bond donors (Lipinski definition) is 0. The van der Waals surface area contributed by atoms with Gasteiger partial charge >= 0.3 is 5.97 Å².